The molecule has 0 saturated heterocycles. The molecule has 0 rings (SSSR count). The molecule has 0 unspecified atom stereocenters. The minimum Gasteiger partial charge on any atom is -0.213 e. The first kappa shape index (κ1) is 10.8. The number of hydrogen-bond acceptors (Lipinski definition) is 0. The number of unbranched alkanes of at least 4 members (excludes halogenated alkanes) is 1. The maximum Gasteiger partial charge on any atom is 0.300 e. The van der Waals surface area contributed by atoms with E-state index in [1.54, 1.807) is 6.92 Å². The summed E-state index contributed by atoms with van der Waals surface area (Å²) in [5.74, 6) is -8.45. The van der Waals surface area contributed by atoms with Crippen LogP contribution in [0.5, 0.6) is 0 Å². The molecule has 11 heavy (non-hydrogen) atoms. The predicted molar refractivity (Wildman–Crippen MR) is 35.2 cm³/mol. The largest absolute Gasteiger partial charge is 0.300 e. The lowest BCUT2D eigenvalue weighted by Gasteiger charge is -2.23. The van der Waals surface area contributed by atoms with Crippen LogP contribution in [0, 0.1) is 0 Å². The van der Waals surface area contributed by atoms with Gasteiger partial charge in [-0.15, -0.1) is 0 Å². The van der Waals surface area contributed by atoms with Gasteiger partial charge in [-0.3, -0.25) is 0 Å². The Kier molecular flexibility index (Phi) is 3.39. The molecule has 0 heterocycles. The second-order valence-corrected chi connectivity index (χ2v) is 2.43. The van der Waals surface area contributed by atoms with Gasteiger partial charge in [0.25, 0.3) is 11.7 Å². The van der Waals surface area contributed by atoms with Crippen molar-refractivity contribution in [3.63, 3.8) is 0 Å². The highest BCUT2D eigenvalue weighted by molar-refractivity contribution is 6.13. The first-order valence-corrected chi connectivity index (χ1v) is 3.36. The van der Waals surface area contributed by atoms with Crippen LogP contribution in [0.1, 0.15) is 26.2 Å². The predicted octanol–water partition coefficient (Wildman–Crippen LogP) is 2.57. The van der Waals surface area contributed by atoms with E-state index in [1.165, 1.54) is 0 Å². The zero-order valence-electron chi connectivity index (χ0n) is 6.21. The molecule has 0 amide bonds. The molecule has 0 nitrogen and oxygen atoms in total. The highest BCUT2D eigenvalue weighted by Crippen LogP contribution is 2.35. The highest BCUT2D eigenvalue weighted by Gasteiger charge is 2.49. The third-order valence-electron chi connectivity index (χ3n) is 1.33. The third-order valence-corrected chi connectivity index (χ3v) is 1.33. The van der Waals surface area contributed by atoms with Crippen molar-refractivity contribution >= 4 is 7.85 Å². The molecule has 0 saturated carbocycles. The fourth-order valence-corrected chi connectivity index (χ4v) is 0.565. The van der Waals surface area contributed by atoms with Gasteiger partial charge in [0.05, 0.1) is 0 Å². The Balaban J connectivity index is 4.00. The van der Waals surface area contributed by atoms with Crippen molar-refractivity contribution in [2.45, 2.75) is 37.9 Å². The summed E-state index contributed by atoms with van der Waals surface area (Å²) in [6, 6.07) is 0. The Bertz CT molecular complexity index is 118. The van der Waals surface area contributed by atoms with Gasteiger partial charge in [0.15, 0.2) is 7.85 Å². The van der Waals surface area contributed by atoms with E-state index in [-0.39, 0.29) is 6.42 Å². The van der Waals surface area contributed by atoms with E-state index in [1.807, 2.05) is 0 Å². The molecule has 0 aliphatic carbocycles. The molecule has 0 atom stereocenters. The molecular formula is C6H9BF4. The van der Waals surface area contributed by atoms with Crippen LogP contribution in [-0.4, -0.2) is 19.6 Å². The standard InChI is InChI=1S/C6H9BF4/c1-2-3-4-5(8,9)6(7,10)11/h2-4H2,1H3. The van der Waals surface area contributed by atoms with Gasteiger partial charge < -0.3 is 0 Å². The van der Waals surface area contributed by atoms with Crippen LogP contribution in [0.2, 0.25) is 0 Å². The highest BCUT2D eigenvalue weighted by atomic mass is 19.3. The van der Waals surface area contributed by atoms with E-state index in [4.69, 9.17) is 0 Å². The molecule has 0 aliphatic rings. The molecular weight excluding hydrogens is 159 g/mol. The molecule has 0 spiro atoms. The van der Waals surface area contributed by atoms with Gasteiger partial charge in [0, 0.05) is 6.42 Å². The maximum atomic E-state index is 12.2. The average molecular weight is 168 g/mol. The van der Waals surface area contributed by atoms with Gasteiger partial charge >= 0.3 is 0 Å². The van der Waals surface area contributed by atoms with Crippen LogP contribution < -0.4 is 0 Å². The van der Waals surface area contributed by atoms with Crippen LogP contribution >= 0.6 is 0 Å². The summed E-state index contributed by atoms with van der Waals surface area (Å²) in [7, 11) is 3.97. The fourth-order valence-electron chi connectivity index (χ4n) is 0.565. The van der Waals surface area contributed by atoms with Crippen molar-refractivity contribution in [1.29, 1.82) is 0 Å². The molecule has 0 aromatic rings. The molecule has 64 valence electrons. The van der Waals surface area contributed by atoms with Crippen LogP contribution in [0.15, 0.2) is 0 Å². The summed E-state index contributed by atoms with van der Waals surface area (Å²) in [5.41, 5.74) is 0. The first-order valence-electron chi connectivity index (χ1n) is 3.36. The molecule has 0 aromatic heterocycles. The number of rotatable bonds is 4. The van der Waals surface area contributed by atoms with E-state index in [0.29, 0.717) is 6.42 Å². The molecule has 0 N–H and O–H groups in total. The van der Waals surface area contributed by atoms with Crippen LogP contribution in [0.25, 0.3) is 0 Å². The Morgan fingerprint density at radius 2 is 1.64 bits per heavy atom. The minimum atomic E-state index is -4.39. The summed E-state index contributed by atoms with van der Waals surface area (Å²) in [6.45, 7) is 1.64. The Morgan fingerprint density at radius 1 is 1.18 bits per heavy atom. The smallest absolute Gasteiger partial charge is 0.213 e. The SMILES string of the molecule is [B]C(F)(F)C(F)(F)CCCC. The van der Waals surface area contributed by atoms with Crippen molar-refractivity contribution in [2.75, 3.05) is 0 Å². The van der Waals surface area contributed by atoms with E-state index in [0.717, 1.165) is 0 Å². The molecule has 5 heteroatoms. The van der Waals surface area contributed by atoms with Gasteiger partial charge in [-0.1, -0.05) is 13.3 Å². The number of halogens is 4. The van der Waals surface area contributed by atoms with Gasteiger partial charge in [0.1, 0.15) is 0 Å². The zero-order valence-corrected chi connectivity index (χ0v) is 6.21. The molecule has 0 aliphatic heterocycles. The van der Waals surface area contributed by atoms with E-state index in [9.17, 15) is 17.6 Å². The van der Waals surface area contributed by atoms with Crippen molar-refractivity contribution in [1.82, 2.24) is 0 Å². The van der Waals surface area contributed by atoms with Crippen LogP contribution in [0.4, 0.5) is 17.6 Å². The van der Waals surface area contributed by atoms with E-state index in [2.05, 4.69) is 7.85 Å². The summed E-state index contributed by atoms with van der Waals surface area (Å²) < 4.78 is 48.2. The summed E-state index contributed by atoms with van der Waals surface area (Å²) in [6.07, 6.45) is -0.349. The summed E-state index contributed by atoms with van der Waals surface area (Å²) >= 11 is 0. The van der Waals surface area contributed by atoms with Gasteiger partial charge in [-0.05, 0) is 6.42 Å². The second-order valence-electron chi connectivity index (χ2n) is 2.43. The fraction of sp³-hybridized carbons (Fsp3) is 1.00. The number of alkyl halides is 4. The zero-order chi connectivity index (χ0) is 9.12. The van der Waals surface area contributed by atoms with E-state index < -0.39 is 18.2 Å². The van der Waals surface area contributed by atoms with Gasteiger partial charge in [-0.2, -0.15) is 0 Å². The topological polar surface area (TPSA) is 0 Å². The average Bonchev–Trinajstić information content (AvgIpc) is 1.81. The summed E-state index contributed by atoms with van der Waals surface area (Å²) in [5, 5.41) is 0. The molecule has 0 fully saturated rings. The van der Waals surface area contributed by atoms with Crippen molar-refractivity contribution < 1.29 is 17.6 Å². The van der Waals surface area contributed by atoms with Crippen molar-refractivity contribution in [3.8, 4) is 0 Å². The lowest BCUT2D eigenvalue weighted by Crippen LogP contribution is -2.40. The lowest BCUT2D eigenvalue weighted by molar-refractivity contribution is -0.162. The number of hydrogen-bond donors (Lipinski definition) is 0. The maximum absolute atomic E-state index is 12.2. The Morgan fingerprint density at radius 3 is 1.91 bits per heavy atom. The third kappa shape index (κ3) is 3.12. The quantitative estimate of drug-likeness (QED) is 0.446. The van der Waals surface area contributed by atoms with Crippen LogP contribution in [-0.2, 0) is 0 Å². The normalized spacial score (nSPS) is 13.5. The molecule has 0 aromatic carbocycles. The molecule has 2 radical (unpaired) electrons. The van der Waals surface area contributed by atoms with Gasteiger partial charge in [-0.25, -0.2) is 17.6 Å². The van der Waals surface area contributed by atoms with Crippen LogP contribution in [0.3, 0.4) is 0 Å². The minimum absolute atomic E-state index is 0.0553. The molecule has 0 bridgehead atoms. The second kappa shape index (κ2) is 3.45. The van der Waals surface area contributed by atoms with Gasteiger partial charge in [0.2, 0.25) is 0 Å². The van der Waals surface area contributed by atoms with Crippen molar-refractivity contribution in [3.05, 3.63) is 0 Å². The Labute approximate surface area is 64.4 Å². The monoisotopic (exact) mass is 168 g/mol. The van der Waals surface area contributed by atoms with Crippen molar-refractivity contribution in [2.24, 2.45) is 0 Å². The lowest BCUT2D eigenvalue weighted by atomic mass is 9.89. The first-order chi connectivity index (χ1) is 4.81. The van der Waals surface area contributed by atoms with E-state index >= 15 is 0 Å². The Hall–Kier alpha value is -0.215. The summed E-state index contributed by atoms with van der Waals surface area (Å²) in [4.78, 5) is 0.